The average Bonchev–Trinajstić information content (AvgIpc) is 2.32. The van der Waals surface area contributed by atoms with Gasteiger partial charge in [0, 0.05) is 0 Å². The minimum atomic E-state index is -0.520. The summed E-state index contributed by atoms with van der Waals surface area (Å²) < 4.78 is 4.96. The maximum atomic E-state index is 11.8. The summed E-state index contributed by atoms with van der Waals surface area (Å²) in [4.78, 5) is 19.1. The van der Waals surface area contributed by atoms with E-state index in [9.17, 15) is 4.79 Å². The molecule has 0 fully saturated rings. The van der Waals surface area contributed by atoms with Gasteiger partial charge < -0.3 is 9.84 Å². The maximum absolute atomic E-state index is 11.8. The largest absolute Gasteiger partial charge is 0.505 e. The van der Waals surface area contributed by atoms with Crippen molar-refractivity contribution >= 4 is 5.97 Å². The summed E-state index contributed by atoms with van der Waals surface area (Å²) in [6.07, 6.45) is 2.32. The summed E-state index contributed by atoms with van der Waals surface area (Å²) >= 11 is 0. The van der Waals surface area contributed by atoms with Crippen LogP contribution < -0.4 is 4.74 Å². The predicted molar refractivity (Wildman–Crippen MR) is 59.8 cm³/mol. The Balaban J connectivity index is 2.17. The van der Waals surface area contributed by atoms with E-state index in [1.165, 1.54) is 0 Å². The first-order chi connectivity index (χ1) is 8.16. The van der Waals surface area contributed by atoms with Crippen LogP contribution in [0.3, 0.4) is 0 Å². The van der Waals surface area contributed by atoms with E-state index in [2.05, 4.69) is 9.97 Å². The van der Waals surface area contributed by atoms with Crippen LogP contribution >= 0.6 is 0 Å². The first-order valence-corrected chi connectivity index (χ1v) is 4.95. The van der Waals surface area contributed by atoms with Crippen molar-refractivity contribution in [2.75, 3.05) is 0 Å². The van der Waals surface area contributed by atoms with Crippen molar-refractivity contribution in [3.05, 3.63) is 47.8 Å². The van der Waals surface area contributed by atoms with Crippen LogP contribution in [0.1, 0.15) is 15.9 Å². The Labute approximate surface area is 97.7 Å². The molecule has 1 aromatic heterocycles. The lowest BCUT2D eigenvalue weighted by Gasteiger charge is -2.04. The molecule has 0 unspecified atom stereocenters. The van der Waals surface area contributed by atoms with E-state index in [0.717, 1.165) is 18.0 Å². The molecule has 0 aliphatic rings. The van der Waals surface area contributed by atoms with Crippen LogP contribution in [0.25, 0.3) is 0 Å². The molecule has 5 heteroatoms. The highest BCUT2D eigenvalue weighted by Crippen LogP contribution is 2.12. The molecule has 1 heterocycles. The molecule has 5 nitrogen and oxygen atoms in total. The van der Waals surface area contributed by atoms with Gasteiger partial charge in [-0.25, -0.2) is 4.79 Å². The molecule has 17 heavy (non-hydrogen) atoms. The Kier molecular flexibility index (Phi) is 3.00. The van der Waals surface area contributed by atoms with Gasteiger partial charge in [-0.3, -0.25) is 0 Å². The molecular weight excluding hydrogens is 220 g/mol. The molecule has 0 aliphatic carbocycles. The third-order valence-electron chi connectivity index (χ3n) is 2.16. The Morgan fingerprint density at radius 3 is 2.53 bits per heavy atom. The molecule has 0 aliphatic heterocycles. The summed E-state index contributed by atoms with van der Waals surface area (Å²) in [5.74, 6) is -0.602. The molecular formula is C12H10N2O3. The van der Waals surface area contributed by atoms with E-state index in [1.807, 2.05) is 19.1 Å². The van der Waals surface area contributed by atoms with Crippen LogP contribution in [0, 0.1) is 6.92 Å². The number of rotatable bonds is 2. The van der Waals surface area contributed by atoms with E-state index in [4.69, 9.17) is 9.84 Å². The number of aryl methyl sites for hydroxylation is 1. The SMILES string of the molecule is Cc1ccccc1C(=O)Oc1ncc(O)cn1. The highest BCUT2D eigenvalue weighted by Gasteiger charge is 2.12. The van der Waals surface area contributed by atoms with Gasteiger partial charge in [-0.2, -0.15) is 9.97 Å². The quantitative estimate of drug-likeness (QED) is 0.795. The molecule has 0 atom stereocenters. The topological polar surface area (TPSA) is 72.3 Å². The van der Waals surface area contributed by atoms with Crippen molar-refractivity contribution in [3.8, 4) is 11.8 Å². The molecule has 1 aromatic carbocycles. The van der Waals surface area contributed by atoms with E-state index in [1.54, 1.807) is 12.1 Å². The van der Waals surface area contributed by atoms with Crippen LogP contribution in [0.2, 0.25) is 0 Å². The number of aromatic hydroxyl groups is 1. The highest BCUT2D eigenvalue weighted by atomic mass is 16.5. The lowest BCUT2D eigenvalue weighted by Crippen LogP contribution is -2.11. The van der Waals surface area contributed by atoms with Gasteiger partial charge in [0.1, 0.15) is 0 Å². The average molecular weight is 230 g/mol. The number of nitrogens with zero attached hydrogens (tertiary/aromatic N) is 2. The minimum absolute atomic E-state index is 0.0827. The van der Waals surface area contributed by atoms with E-state index in [-0.39, 0.29) is 11.8 Å². The third kappa shape index (κ3) is 2.57. The molecule has 0 amide bonds. The molecule has 2 rings (SSSR count). The molecule has 0 saturated carbocycles. The zero-order valence-corrected chi connectivity index (χ0v) is 9.12. The molecule has 1 N–H and O–H groups in total. The standard InChI is InChI=1S/C12H10N2O3/c1-8-4-2-3-5-10(8)11(16)17-12-13-6-9(15)7-14-12/h2-7,15H,1H3. The fourth-order valence-corrected chi connectivity index (χ4v) is 1.30. The Bertz CT molecular complexity index is 538. The van der Waals surface area contributed by atoms with Gasteiger partial charge >= 0.3 is 12.0 Å². The second kappa shape index (κ2) is 4.61. The van der Waals surface area contributed by atoms with Crippen molar-refractivity contribution in [3.63, 3.8) is 0 Å². The normalized spacial score (nSPS) is 9.94. The Morgan fingerprint density at radius 1 is 1.24 bits per heavy atom. The van der Waals surface area contributed by atoms with Gasteiger partial charge in [0.25, 0.3) is 0 Å². The van der Waals surface area contributed by atoms with E-state index < -0.39 is 5.97 Å². The third-order valence-corrected chi connectivity index (χ3v) is 2.16. The van der Waals surface area contributed by atoms with Crippen LogP contribution in [0.4, 0.5) is 0 Å². The summed E-state index contributed by atoms with van der Waals surface area (Å²) in [5, 5.41) is 8.99. The summed E-state index contributed by atoms with van der Waals surface area (Å²) in [6, 6.07) is 6.98. The van der Waals surface area contributed by atoms with Crippen molar-refractivity contribution in [2.45, 2.75) is 6.92 Å². The number of ether oxygens (including phenoxy) is 1. The molecule has 0 bridgehead atoms. The molecule has 86 valence electrons. The number of hydrogen-bond acceptors (Lipinski definition) is 5. The summed E-state index contributed by atoms with van der Waals surface area (Å²) in [6.45, 7) is 1.81. The smallest absolute Gasteiger partial charge is 0.346 e. The zero-order chi connectivity index (χ0) is 12.3. The van der Waals surface area contributed by atoms with Crippen LogP contribution in [0.15, 0.2) is 36.7 Å². The molecule has 0 saturated heterocycles. The van der Waals surface area contributed by atoms with Gasteiger partial charge in [0.15, 0.2) is 5.75 Å². The monoisotopic (exact) mass is 230 g/mol. The summed E-state index contributed by atoms with van der Waals surface area (Å²) in [5.41, 5.74) is 1.28. The number of esters is 1. The zero-order valence-electron chi connectivity index (χ0n) is 9.12. The summed E-state index contributed by atoms with van der Waals surface area (Å²) in [7, 11) is 0. The second-order valence-corrected chi connectivity index (χ2v) is 3.43. The van der Waals surface area contributed by atoms with Gasteiger partial charge in [-0.1, -0.05) is 18.2 Å². The minimum Gasteiger partial charge on any atom is -0.505 e. The maximum Gasteiger partial charge on any atom is 0.346 e. The van der Waals surface area contributed by atoms with Crippen molar-refractivity contribution in [1.29, 1.82) is 0 Å². The fraction of sp³-hybridized carbons (Fsp3) is 0.0833. The fourth-order valence-electron chi connectivity index (χ4n) is 1.30. The lowest BCUT2D eigenvalue weighted by atomic mass is 10.1. The van der Waals surface area contributed by atoms with Crippen molar-refractivity contribution in [2.24, 2.45) is 0 Å². The van der Waals surface area contributed by atoms with Crippen molar-refractivity contribution in [1.82, 2.24) is 9.97 Å². The lowest BCUT2D eigenvalue weighted by molar-refractivity contribution is 0.0718. The van der Waals surface area contributed by atoms with Gasteiger partial charge in [0.05, 0.1) is 18.0 Å². The number of benzene rings is 1. The Morgan fingerprint density at radius 2 is 1.88 bits per heavy atom. The van der Waals surface area contributed by atoms with Gasteiger partial charge in [0.2, 0.25) is 0 Å². The molecule has 2 aromatic rings. The van der Waals surface area contributed by atoms with Crippen LogP contribution in [-0.4, -0.2) is 21.0 Å². The first-order valence-electron chi connectivity index (χ1n) is 4.95. The molecule has 0 spiro atoms. The molecule has 0 radical (unpaired) electrons. The predicted octanol–water partition coefficient (Wildman–Crippen LogP) is 1.71. The van der Waals surface area contributed by atoms with E-state index >= 15 is 0 Å². The Hall–Kier alpha value is -2.43. The van der Waals surface area contributed by atoms with Gasteiger partial charge in [-0.05, 0) is 18.6 Å². The second-order valence-electron chi connectivity index (χ2n) is 3.43. The van der Waals surface area contributed by atoms with Gasteiger partial charge in [-0.15, -0.1) is 0 Å². The number of carbonyl (C=O) groups is 1. The van der Waals surface area contributed by atoms with E-state index in [0.29, 0.717) is 5.56 Å². The number of carbonyl (C=O) groups excluding carboxylic acids is 1. The number of aromatic nitrogens is 2. The highest BCUT2D eigenvalue weighted by molar-refractivity contribution is 5.92. The van der Waals surface area contributed by atoms with Crippen LogP contribution in [0.5, 0.6) is 11.8 Å². The number of hydrogen-bond donors (Lipinski definition) is 1. The first kappa shape index (κ1) is 11.1. The van der Waals surface area contributed by atoms with Crippen LogP contribution in [-0.2, 0) is 0 Å². The van der Waals surface area contributed by atoms with Crippen molar-refractivity contribution < 1.29 is 14.6 Å².